The van der Waals surface area contributed by atoms with E-state index in [1.54, 1.807) is 0 Å². The fraction of sp³-hybridized carbons (Fsp3) is 0.833. The molecule has 1 rings (SSSR count). The molecule has 0 unspecified atom stereocenters. The van der Waals surface area contributed by atoms with Gasteiger partial charge in [0.15, 0.2) is 0 Å². The second kappa shape index (κ2) is 10.3. The lowest BCUT2D eigenvalue weighted by Gasteiger charge is -2.37. The summed E-state index contributed by atoms with van der Waals surface area (Å²) in [5.74, 6) is -0.0415. The summed E-state index contributed by atoms with van der Waals surface area (Å²) in [5, 5.41) is 8.28. The van der Waals surface area contributed by atoms with Gasteiger partial charge in [0.05, 0.1) is 12.6 Å². The van der Waals surface area contributed by atoms with Gasteiger partial charge in [-0.2, -0.15) is 0 Å². The molecule has 7 nitrogen and oxygen atoms in total. The topological polar surface area (TPSA) is 90.5 Å². The van der Waals surface area contributed by atoms with Gasteiger partial charge in [-0.25, -0.2) is 4.79 Å². The molecule has 144 valence electrons. The highest BCUT2D eigenvalue weighted by Gasteiger charge is 2.30. The summed E-state index contributed by atoms with van der Waals surface area (Å²) < 4.78 is 0. The summed E-state index contributed by atoms with van der Waals surface area (Å²) in [5.41, 5.74) is -0.196. The average Bonchev–Trinajstić information content (AvgIpc) is 2.53. The predicted octanol–water partition coefficient (Wildman–Crippen LogP) is 1.63. The van der Waals surface area contributed by atoms with E-state index in [0.29, 0.717) is 19.5 Å². The Labute approximate surface area is 151 Å². The third-order valence-electron chi connectivity index (χ3n) is 4.44. The molecule has 3 N–H and O–H groups in total. The van der Waals surface area contributed by atoms with Crippen LogP contribution >= 0.6 is 0 Å². The van der Waals surface area contributed by atoms with Gasteiger partial charge in [-0.15, -0.1) is 0 Å². The summed E-state index contributed by atoms with van der Waals surface area (Å²) in [6.45, 7) is 9.97. The Bertz CT molecular complexity index is 460. The second-order valence-electron chi connectivity index (χ2n) is 7.75. The molecule has 0 aliphatic carbocycles. The maximum atomic E-state index is 12.2. The number of carbonyl (C=O) groups excluding carboxylic acids is 3. The minimum atomic E-state index is -0.380. The fourth-order valence-corrected chi connectivity index (χ4v) is 2.65. The Morgan fingerprint density at radius 2 is 1.92 bits per heavy atom. The van der Waals surface area contributed by atoms with Gasteiger partial charge < -0.3 is 20.9 Å². The Hall–Kier alpha value is -1.79. The Kier molecular flexibility index (Phi) is 8.72. The monoisotopic (exact) mass is 354 g/mol. The first-order valence-corrected chi connectivity index (χ1v) is 9.33. The van der Waals surface area contributed by atoms with E-state index in [1.807, 2.05) is 25.7 Å². The molecule has 1 heterocycles. The van der Waals surface area contributed by atoms with Crippen LogP contribution in [0, 0.1) is 5.41 Å². The van der Waals surface area contributed by atoms with Gasteiger partial charge in [-0.05, 0) is 24.7 Å². The van der Waals surface area contributed by atoms with E-state index < -0.39 is 0 Å². The van der Waals surface area contributed by atoms with Crippen LogP contribution in [0.2, 0.25) is 0 Å². The maximum absolute atomic E-state index is 12.2. The van der Waals surface area contributed by atoms with E-state index in [-0.39, 0.29) is 35.8 Å². The summed E-state index contributed by atoms with van der Waals surface area (Å²) in [6, 6.07) is -0.562. The van der Waals surface area contributed by atoms with E-state index in [1.165, 1.54) is 0 Å². The normalized spacial score (nSPS) is 16.3. The number of carbonyl (C=O) groups is 3. The maximum Gasteiger partial charge on any atom is 0.315 e. The van der Waals surface area contributed by atoms with E-state index in [2.05, 4.69) is 22.9 Å². The minimum Gasteiger partial charge on any atom is -0.355 e. The first kappa shape index (κ1) is 21.3. The molecule has 7 heteroatoms. The molecule has 1 atom stereocenters. The van der Waals surface area contributed by atoms with E-state index >= 15 is 0 Å². The lowest BCUT2D eigenvalue weighted by Crippen LogP contribution is -2.55. The van der Waals surface area contributed by atoms with Crippen LogP contribution < -0.4 is 16.0 Å². The lowest BCUT2D eigenvalue weighted by molar-refractivity contribution is -0.134. The molecule has 0 aromatic heterocycles. The highest BCUT2D eigenvalue weighted by Crippen LogP contribution is 2.22. The van der Waals surface area contributed by atoms with Crippen molar-refractivity contribution in [2.75, 3.05) is 26.2 Å². The molecular formula is C18H34N4O3. The number of rotatable bonds is 8. The van der Waals surface area contributed by atoms with Crippen molar-refractivity contribution >= 4 is 17.8 Å². The molecule has 4 amide bonds. The number of hydrogen-bond acceptors (Lipinski definition) is 3. The Morgan fingerprint density at radius 3 is 2.52 bits per heavy atom. The number of urea groups is 1. The van der Waals surface area contributed by atoms with Crippen LogP contribution in [0.15, 0.2) is 0 Å². The average molecular weight is 354 g/mol. The summed E-state index contributed by atoms with van der Waals surface area (Å²) in [7, 11) is 0. The smallest absolute Gasteiger partial charge is 0.315 e. The van der Waals surface area contributed by atoms with Crippen LogP contribution in [-0.2, 0) is 9.59 Å². The zero-order valence-corrected chi connectivity index (χ0v) is 16.1. The molecular weight excluding hydrogens is 320 g/mol. The summed E-state index contributed by atoms with van der Waals surface area (Å²) in [4.78, 5) is 37.7. The highest BCUT2D eigenvalue weighted by atomic mass is 16.2. The van der Waals surface area contributed by atoms with Crippen molar-refractivity contribution in [1.29, 1.82) is 0 Å². The largest absolute Gasteiger partial charge is 0.355 e. The van der Waals surface area contributed by atoms with Crippen molar-refractivity contribution < 1.29 is 14.4 Å². The molecule has 0 saturated carbocycles. The third-order valence-corrected chi connectivity index (χ3v) is 4.44. The molecule has 1 aliphatic heterocycles. The Balaban J connectivity index is 2.47. The van der Waals surface area contributed by atoms with Crippen LogP contribution in [-0.4, -0.2) is 55.0 Å². The number of hydrogen-bond donors (Lipinski definition) is 3. The van der Waals surface area contributed by atoms with E-state index in [9.17, 15) is 14.4 Å². The number of piperidine rings is 1. The van der Waals surface area contributed by atoms with Crippen molar-refractivity contribution in [2.45, 2.75) is 65.8 Å². The molecule has 1 fully saturated rings. The van der Waals surface area contributed by atoms with Crippen molar-refractivity contribution in [3.63, 3.8) is 0 Å². The second-order valence-corrected chi connectivity index (χ2v) is 7.75. The van der Waals surface area contributed by atoms with Crippen molar-refractivity contribution in [3.05, 3.63) is 0 Å². The lowest BCUT2D eigenvalue weighted by atomic mass is 9.86. The zero-order valence-electron chi connectivity index (χ0n) is 16.1. The number of likely N-dealkylation sites (tertiary alicyclic amines) is 1. The van der Waals surface area contributed by atoms with Crippen LogP contribution in [0.25, 0.3) is 0 Å². The predicted molar refractivity (Wildman–Crippen MR) is 98.1 cm³/mol. The van der Waals surface area contributed by atoms with E-state index in [0.717, 1.165) is 32.2 Å². The summed E-state index contributed by atoms with van der Waals surface area (Å²) in [6.07, 6.45) is 4.47. The standard InChI is InChI=1S/C18H34N4O3/c1-5-6-10-19-15(23)12-20-17(25)21-14(18(2,3)4)13-22-11-8-7-9-16(22)24/h14H,5-13H2,1-4H3,(H,19,23)(H2,20,21,25)/t14-/m1/s1. The number of unbranched alkanes of at least 4 members (excludes halogenated alkanes) is 1. The SMILES string of the molecule is CCCCNC(=O)CNC(=O)N[C@H](CN1CCCCC1=O)C(C)(C)C. The third kappa shape index (κ3) is 8.23. The highest BCUT2D eigenvalue weighted by molar-refractivity contribution is 5.84. The molecule has 1 saturated heterocycles. The van der Waals surface area contributed by atoms with Crippen LogP contribution in [0.5, 0.6) is 0 Å². The van der Waals surface area contributed by atoms with Gasteiger partial charge in [-0.1, -0.05) is 34.1 Å². The number of amides is 4. The van der Waals surface area contributed by atoms with Gasteiger partial charge in [0, 0.05) is 26.1 Å². The van der Waals surface area contributed by atoms with Crippen LogP contribution in [0.3, 0.4) is 0 Å². The molecule has 0 bridgehead atoms. The molecule has 0 aromatic carbocycles. The van der Waals surface area contributed by atoms with E-state index in [4.69, 9.17) is 0 Å². The molecule has 0 radical (unpaired) electrons. The minimum absolute atomic E-state index is 0.0466. The molecule has 0 aromatic rings. The van der Waals surface area contributed by atoms with Crippen molar-refractivity contribution in [1.82, 2.24) is 20.9 Å². The van der Waals surface area contributed by atoms with Gasteiger partial charge in [0.25, 0.3) is 0 Å². The summed E-state index contributed by atoms with van der Waals surface area (Å²) >= 11 is 0. The van der Waals surface area contributed by atoms with Crippen LogP contribution in [0.4, 0.5) is 4.79 Å². The molecule has 1 aliphatic rings. The van der Waals surface area contributed by atoms with Crippen molar-refractivity contribution in [3.8, 4) is 0 Å². The van der Waals surface area contributed by atoms with Gasteiger partial charge in [0.1, 0.15) is 0 Å². The van der Waals surface area contributed by atoms with Crippen molar-refractivity contribution in [2.24, 2.45) is 5.41 Å². The molecule has 25 heavy (non-hydrogen) atoms. The van der Waals surface area contributed by atoms with Crippen LogP contribution in [0.1, 0.15) is 59.8 Å². The fourth-order valence-electron chi connectivity index (χ4n) is 2.65. The van der Waals surface area contributed by atoms with Gasteiger partial charge >= 0.3 is 6.03 Å². The zero-order chi connectivity index (χ0) is 18.9. The first-order chi connectivity index (χ1) is 11.7. The van der Waals surface area contributed by atoms with Gasteiger partial charge in [0.2, 0.25) is 11.8 Å². The Morgan fingerprint density at radius 1 is 1.20 bits per heavy atom. The quantitative estimate of drug-likeness (QED) is 0.579. The number of nitrogens with one attached hydrogen (secondary N) is 3. The first-order valence-electron chi connectivity index (χ1n) is 9.33. The number of nitrogens with zero attached hydrogens (tertiary/aromatic N) is 1. The molecule has 0 spiro atoms. The van der Waals surface area contributed by atoms with Gasteiger partial charge in [-0.3, -0.25) is 9.59 Å².